The van der Waals surface area contributed by atoms with Gasteiger partial charge in [-0.2, -0.15) is 0 Å². The van der Waals surface area contributed by atoms with Gasteiger partial charge in [0.2, 0.25) is 0 Å². The molecule has 3 heteroatoms. The van der Waals surface area contributed by atoms with Crippen LogP contribution in [0.2, 0.25) is 0 Å². The minimum absolute atomic E-state index is 0.382. The highest BCUT2D eigenvalue weighted by Crippen LogP contribution is 2.39. The Morgan fingerprint density at radius 1 is 1.20 bits per heavy atom. The van der Waals surface area contributed by atoms with E-state index >= 15 is 0 Å². The van der Waals surface area contributed by atoms with Crippen molar-refractivity contribution in [1.29, 1.82) is 0 Å². The van der Waals surface area contributed by atoms with Crippen LogP contribution in [-0.2, 0) is 4.74 Å². The summed E-state index contributed by atoms with van der Waals surface area (Å²) in [6.45, 7) is 16.0. The van der Waals surface area contributed by atoms with Gasteiger partial charge in [-0.15, -0.1) is 0 Å². The number of rotatable bonds is 4. The van der Waals surface area contributed by atoms with E-state index in [2.05, 4.69) is 44.8 Å². The second-order valence-electron chi connectivity index (χ2n) is 7.81. The predicted octanol–water partition coefficient (Wildman–Crippen LogP) is 2.90. The Morgan fingerprint density at radius 3 is 2.45 bits per heavy atom. The van der Waals surface area contributed by atoms with Crippen LogP contribution in [0.1, 0.15) is 53.9 Å². The lowest BCUT2D eigenvalue weighted by atomic mass is 9.69. The molecule has 2 rings (SSSR count). The molecule has 1 saturated carbocycles. The van der Waals surface area contributed by atoms with Crippen LogP contribution in [0, 0.1) is 11.3 Å². The van der Waals surface area contributed by atoms with E-state index in [1.807, 2.05) is 0 Å². The summed E-state index contributed by atoms with van der Waals surface area (Å²) < 4.78 is 5.86. The van der Waals surface area contributed by atoms with Gasteiger partial charge < -0.3 is 10.1 Å². The lowest BCUT2D eigenvalue weighted by Crippen LogP contribution is -2.52. The molecular weight excluding hydrogens is 248 g/mol. The molecule has 1 heterocycles. The summed E-state index contributed by atoms with van der Waals surface area (Å²) in [5, 5.41) is 3.73. The predicted molar refractivity (Wildman–Crippen MR) is 85.0 cm³/mol. The summed E-state index contributed by atoms with van der Waals surface area (Å²) in [6, 6.07) is 0.710. The van der Waals surface area contributed by atoms with Crippen molar-refractivity contribution in [3.63, 3.8) is 0 Å². The van der Waals surface area contributed by atoms with Gasteiger partial charge in [-0.05, 0) is 51.0 Å². The Morgan fingerprint density at radius 2 is 1.85 bits per heavy atom. The molecule has 1 saturated heterocycles. The van der Waals surface area contributed by atoms with Crippen molar-refractivity contribution in [2.24, 2.45) is 11.3 Å². The summed E-state index contributed by atoms with van der Waals surface area (Å²) >= 11 is 0. The first-order chi connectivity index (χ1) is 9.39. The molecule has 0 aromatic rings. The number of morpholine rings is 1. The van der Waals surface area contributed by atoms with Gasteiger partial charge >= 0.3 is 0 Å². The second kappa shape index (κ2) is 6.76. The van der Waals surface area contributed by atoms with Crippen LogP contribution in [0.25, 0.3) is 0 Å². The molecule has 4 unspecified atom stereocenters. The Bertz CT molecular complexity index is 295. The molecule has 0 aromatic heterocycles. The maximum absolute atomic E-state index is 5.86. The van der Waals surface area contributed by atoms with E-state index in [0.29, 0.717) is 23.7 Å². The van der Waals surface area contributed by atoms with E-state index in [1.54, 1.807) is 0 Å². The molecule has 1 aliphatic heterocycles. The number of ether oxygens (including phenoxy) is 1. The fourth-order valence-electron chi connectivity index (χ4n) is 4.22. The van der Waals surface area contributed by atoms with Crippen LogP contribution >= 0.6 is 0 Å². The topological polar surface area (TPSA) is 24.5 Å². The van der Waals surface area contributed by atoms with Crippen LogP contribution in [0.15, 0.2) is 0 Å². The maximum atomic E-state index is 5.86. The molecule has 3 nitrogen and oxygen atoms in total. The minimum atomic E-state index is 0.382. The molecule has 1 aliphatic carbocycles. The zero-order chi connectivity index (χ0) is 14.8. The Hall–Kier alpha value is -0.120. The standard InChI is InChI=1S/C17H34N2O/c1-6-18-16-7-8-17(4,5)9-15(16)12-19-10-13(2)20-14(3)11-19/h13-16,18H,6-12H2,1-5H3. The highest BCUT2D eigenvalue weighted by atomic mass is 16.5. The molecule has 0 bridgehead atoms. The number of nitrogens with one attached hydrogen (secondary N) is 1. The highest BCUT2D eigenvalue weighted by Gasteiger charge is 2.36. The molecule has 2 fully saturated rings. The first-order valence-electron chi connectivity index (χ1n) is 8.51. The number of nitrogens with zero attached hydrogens (tertiary/aromatic N) is 1. The van der Waals surface area contributed by atoms with Crippen LogP contribution < -0.4 is 5.32 Å². The summed E-state index contributed by atoms with van der Waals surface area (Å²) in [6.07, 6.45) is 4.81. The summed E-state index contributed by atoms with van der Waals surface area (Å²) in [4.78, 5) is 2.63. The minimum Gasteiger partial charge on any atom is -0.373 e. The molecule has 1 N–H and O–H groups in total. The van der Waals surface area contributed by atoms with Crippen LogP contribution in [0.3, 0.4) is 0 Å². The molecule has 0 aromatic carbocycles. The average molecular weight is 282 g/mol. The Kier molecular flexibility index (Phi) is 5.49. The highest BCUT2D eigenvalue weighted by molar-refractivity contribution is 4.91. The number of hydrogen-bond acceptors (Lipinski definition) is 3. The molecule has 118 valence electrons. The SMILES string of the molecule is CCNC1CCC(C)(C)CC1CN1CC(C)OC(C)C1. The third-order valence-corrected chi connectivity index (χ3v) is 4.97. The zero-order valence-electron chi connectivity index (χ0n) is 14.1. The largest absolute Gasteiger partial charge is 0.373 e. The van der Waals surface area contributed by atoms with Crippen molar-refractivity contribution in [3.05, 3.63) is 0 Å². The van der Waals surface area contributed by atoms with Crippen molar-refractivity contribution in [2.45, 2.75) is 72.1 Å². The molecule has 20 heavy (non-hydrogen) atoms. The summed E-state index contributed by atoms with van der Waals surface area (Å²) in [5.74, 6) is 0.788. The van der Waals surface area contributed by atoms with E-state index in [9.17, 15) is 0 Å². The van der Waals surface area contributed by atoms with Crippen molar-refractivity contribution >= 4 is 0 Å². The fourth-order valence-corrected chi connectivity index (χ4v) is 4.22. The van der Waals surface area contributed by atoms with E-state index in [-0.39, 0.29) is 0 Å². The quantitative estimate of drug-likeness (QED) is 0.858. The van der Waals surface area contributed by atoms with Crippen LogP contribution in [-0.4, -0.2) is 49.3 Å². The lowest BCUT2D eigenvalue weighted by molar-refractivity contribution is -0.0755. The van der Waals surface area contributed by atoms with Gasteiger partial charge in [0, 0.05) is 25.7 Å². The first-order valence-corrected chi connectivity index (χ1v) is 8.51. The van der Waals surface area contributed by atoms with Gasteiger partial charge in [0.25, 0.3) is 0 Å². The normalized spacial score (nSPS) is 38.9. The van der Waals surface area contributed by atoms with Gasteiger partial charge in [-0.3, -0.25) is 4.90 Å². The zero-order valence-corrected chi connectivity index (χ0v) is 14.1. The third-order valence-electron chi connectivity index (χ3n) is 4.97. The Labute approximate surface area is 125 Å². The first kappa shape index (κ1) is 16.3. The Balaban J connectivity index is 1.95. The van der Waals surface area contributed by atoms with Gasteiger partial charge in [0.1, 0.15) is 0 Å². The third kappa shape index (κ3) is 4.44. The number of hydrogen-bond donors (Lipinski definition) is 1. The smallest absolute Gasteiger partial charge is 0.0678 e. The van der Waals surface area contributed by atoms with E-state index in [1.165, 1.54) is 25.8 Å². The van der Waals surface area contributed by atoms with Gasteiger partial charge in [0.05, 0.1) is 12.2 Å². The van der Waals surface area contributed by atoms with E-state index in [4.69, 9.17) is 4.74 Å². The second-order valence-corrected chi connectivity index (χ2v) is 7.81. The van der Waals surface area contributed by atoms with Gasteiger partial charge in [-0.1, -0.05) is 20.8 Å². The van der Waals surface area contributed by atoms with Crippen molar-refractivity contribution in [1.82, 2.24) is 10.2 Å². The molecular formula is C17H34N2O. The van der Waals surface area contributed by atoms with E-state index < -0.39 is 0 Å². The summed E-state index contributed by atoms with van der Waals surface area (Å²) in [7, 11) is 0. The lowest BCUT2D eigenvalue weighted by Gasteiger charge is -2.45. The molecule has 0 amide bonds. The molecule has 0 spiro atoms. The van der Waals surface area contributed by atoms with Crippen molar-refractivity contribution < 1.29 is 4.74 Å². The summed E-state index contributed by atoms with van der Waals surface area (Å²) in [5.41, 5.74) is 0.514. The van der Waals surface area contributed by atoms with Crippen molar-refractivity contribution in [3.8, 4) is 0 Å². The van der Waals surface area contributed by atoms with Gasteiger partial charge in [0.15, 0.2) is 0 Å². The molecule has 4 atom stereocenters. The molecule has 0 radical (unpaired) electrons. The maximum Gasteiger partial charge on any atom is 0.0678 e. The fraction of sp³-hybridized carbons (Fsp3) is 1.00. The average Bonchev–Trinajstić information content (AvgIpc) is 2.31. The molecule has 2 aliphatic rings. The monoisotopic (exact) mass is 282 g/mol. The van der Waals surface area contributed by atoms with Crippen LogP contribution in [0.4, 0.5) is 0 Å². The van der Waals surface area contributed by atoms with Crippen LogP contribution in [0.5, 0.6) is 0 Å². The van der Waals surface area contributed by atoms with E-state index in [0.717, 1.165) is 25.6 Å². The van der Waals surface area contributed by atoms with Crippen molar-refractivity contribution in [2.75, 3.05) is 26.2 Å². The van der Waals surface area contributed by atoms with Gasteiger partial charge in [-0.25, -0.2) is 0 Å².